The van der Waals surface area contributed by atoms with Crippen LogP contribution in [0.1, 0.15) is 81.8 Å². The van der Waals surface area contributed by atoms with Gasteiger partial charge in [-0.25, -0.2) is 4.79 Å². The number of ether oxygens (including phenoxy) is 3. The summed E-state index contributed by atoms with van der Waals surface area (Å²) in [7, 11) is 0. The molecule has 0 spiro atoms. The Morgan fingerprint density at radius 3 is 2.37 bits per heavy atom. The summed E-state index contributed by atoms with van der Waals surface area (Å²) in [6, 6.07) is 7.85. The van der Waals surface area contributed by atoms with Gasteiger partial charge in [-0.3, -0.25) is 0 Å². The van der Waals surface area contributed by atoms with Crippen LogP contribution in [0.3, 0.4) is 0 Å². The van der Waals surface area contributed by atoms with E-state index in [1.807, 2.05) is 12.1 Å². The first kappa shape index (κ1) is 23.8. The third-order valence-corrected chi connectivity index (χ3v) is 8.90. The molecule has 2 saturated heterocycles. The van der Waals surface area contributed by atoms with Crippen LogP contribution < -0.4 is 4.74 Å². The Hall–Kier alpha value is -0.850. The lowest BCUT2D eigenvalue weighted by atomic mass is 10.0. The smallest absolute Gasteiger partial charge is 0.401 e. The van der Waals surface area contributed by atoms with E-state index in [0.717, 1.165) is 18.8 Å². The number of epoxide rings is 1. The lowest BCUT2D eigenvalue weighted by molar-refractivity contribution is 0.0562. The Morgan fingerprint density at radius 2 is 1.67 bits per heavy atom. The topological polar surface area (TPSA) is 48.1 Å². The van der Waals surface area contributed by atoms with Crippen molar-refractivity contribution in [3.8, 4) is 5.75 Å². The highest BCUT2D eigenvalue weighted by Crippen LogP contribution is 2.46. The molecule has 0 N–H and O–H groups in total. The average Bonchev–Trinajstić information content (AvgIpc) is 3.49. The van der Waals surface area contributed by atoms with Gasteiger partial charge in [0.05, 0.1) is 4.58 Å². The van der Waals surface area contributed by atoms with Gasteiger partial charge in [0, 0.05) is 0 Å². The molecular formula is C24H36O4S2. The van der Waals surface area contributed by atoms with Crippen molar-refractivity contribution in [2.24, 2.45) is 5.92 Å². The summed E-state index contributed by atoms with van der Waals surface area (Å²) in [5, 5.41) is 0. The molecule has 0 unspecified atom stereocenters. The average molecular weight is 453 g/mol. The van der Waals surface area contributed by atoms with Crippen LogP contribution in [0.4, 0.5) is 4.79 Å². The number of benzene rings is 1. The van der Waals surface area contributed by atoms with Crippen LogP contribution in [-0.4, -0.2) is 30.1 Å². The number of thioether (sulfide) groups is 2. The summed E-state index contributed by atoms with van der Waals surface area (Å²) < 4.78 is 16.2. The van der Waals surface area contributed by atoms with E-state index in [4.69, 9.17) is 14.2 Å². The summed E-state index contributed by atoms with van der Waals surface area (Å²) in [4.78, 5) is 11.9. The Kier molecular flexibility index (Phi) is 10.2. The molecule has 30 heavy (non-hydrogen) atoms. The molecule has 3 rings (SSSR count). The lowest BCUT2D eigenvalue weighted by Gasteiger charge is -2.28. The molecule has 2 aliphatic heterocycles. The third-order valence-electron chi connectivity index (χ3n) is 5.61. The van der Waals surface area contributed by atoms with E-state index in [1.165, 1.54) is 62.0 Å². The van der Waals surface area contributed by atoms with Crippen LogP contribution in [0.2, 0.25) is 0 Å². The van der Waals surface area contributed by atoms with Gasteiger partial charge in [-0.1, -0.05) is 70.9 Å². The number of unbranched alkanes of at least 4 members (excludes halogenated alkanes) is 5. The van der Waals surface area contributed by atoms with Gasteiger partial charge < -0.3 is 14.2 Å². The molecule has 4 nitrogen and oxygen atoms in total. The Balaban J connectivity index is 1.32. The first-order chi connectivity index (χ1) is 14.7. The van der Waals surface area contributed by atoms with Crippen LogP contribution in [0.25, 0.3) is 0 Å². The minimum Gasteiger partial charge on any atom is -0.401 e. The zero-order valence-electron chi connectivity index (χ0n) is 18.3. The molecule has 2 fully saturated rings. The number of carbonyl (C=O) groups excluding carboxylic acids is 1. The number of hydrogen-bond donors (Lipinski definition) is 0. The number of hydrogen-bond acceptors (Lipinski definition) is 6. The largest absolute Gasteiger partial charge is 0.516 e. The quantitative estimate of drug-likeness (QED) is 0.141. The highest BCUT2D eigenvalue weighted by atomic mass is 32.2. The van der Waals surface area contributed by atoms with E-state index in [1.54, 1.807) is 0 Å². The van der Waals surface area contributed by atoms with E-state index in [0.29, 0.717) is 10.3 Å². The summed E-state index contributed by atoms with van der Waals surface area (Å²) in [6.45, 7) is 4.35. The molecule has 0 aliphatic carbocycles. The second-order valence-electron chi connectivity index (χ2n) is 8.29. The molecule has 0 aromatic heterocycles. The fraction of sp³-hybridized carbons (Fsp3) is 0.708. The van der Waals surface area contributed by atoms with E-state index in [-0.39, 0.29) is 6.10 Å². The van der Waals surface area contributed by atoms with E-state index in [9.17, 15) is 4.79 Å². The molecule has 0 bridgehead atoms. The van der Waals surface area contributed by atoms with Gasteiger partial charge in [0.15, 0.2) is 0 Å². The van der Waals surface area contributed by atoms with Crippen molar-refractivity contribution >= 4 is 29.7 Å². The molecule has 0 radical (unpaired) electrons. The predicted molar refractivity (Wildman–Crippen MR) is 126 cm³/mol. The van der Waals surface area contributed by atoms with Gasteiger partial charge >= 0.3 is 6.16 Å². The minimum atomic E-state index is -0.690. The van der Waals surface area contributed by atoms with E-state index >= 15 is 0 Å². The van der Waals surface area contributed by atoms with Crippen LogP contribution in [0.15, 0.2) is 24.3 Å². The summed E-state index contributed by atoms with van der Waals surface area (Å²) >= 11 is 4.10. The standard InChI is InChI=1S/C24H36O4S2/c1-3-5-6-7-8-9-11-18-16-29-23(30-17-18)19-12-14-20(15-13-19)26-24(25)28-22-21(27-22)10-4-2/h12-15,18,21-23H,3-11,16-17H2,1-2H3/t18?,21-,22-,23?/m1/s1. The molecule has 2 atom stereocenters. The van der Waals surface area contributed by atoms with Crippen LogP contribution >= 0.6 is 23.5 Å². The Labute approximate surface area is 190 Å². The van der Waals surface area contributed by atoms with Crippen LogP contribution in [0.5, 0.6) is 5.75 Å². The van der Waals surface area contributed by atoms with Crippen molar-refractivity contribution in [2.45, 2.75) is 88.6 Å². The first-order valence-electron chi connectivity index (χ1n) is 11.6. The maximum Gasteiger partial charge on any atom is 0.516 e. The van der Waals surface area contributed by atoms with Crippen molar-refractivity contribution < 1.29 is 19.0 Å². The highest BCUT2D eigenvalue weighted by Gasteiger charge is 2.42. The summed E-state index contributed by atoms with van der Waals surface area (Å²) in [5.74, 6) is 3.86. The van der Waals surface area contributed by atoms with Crippen LogP contribution in [-0.2, 0) is 9.47 Å². The van der Waals surface area contributed by atoms with E-state index < -0.39 is 12.4 Å². The third kappa shape index (κ3) is 8.01. The molecule has 6 heteroatoms. The van der Waals surface area contributed by atoms with Crippen molar-refractivity contribution in [2.75, 3.05) is 11.5 Å². The second kappa shape index (κ2) is 12.9. The van der Waals surface area contributed by atoms with Gasteiger partial charge in [0.2, 0.25) is 6.29 Å². The molecule has 0 amide bonds. The summed E-state index contributed by atoms with van der Waals surface area (Å²) in [6.07, 6.45) is 10.5. The van der Waals surface area contributed by atoms with Gasteiger partial charge in [-0.15, -0.1) is 23.5 Å². The lowest BCUT2D eigenvalue weighted by Crippen LogP contribution is -2.15. The fourth-order valence-corrected chi connectivity index (χ4v) is 6.91. The Bertz CT molecular complexity index is 629. The molecule has 1 aromatic rings. The number of carbonyl (C=O) groups is 1. The van der Waals surface area contributed by atoms with Crippen molar-refractivity contribution in [1.82, 2.24) is 0 Å². The first-order valence-corrected chi connectivity index (χ1v) is 13.7. The SMILES string of the molecule is CCCCCCCCC1CSC(c2ccc(OC(=O)O[C@H]3O[C@@H]3CCC)cc2)SC1. The van der Waals surface area contributed by atoms with Gasteiger partial charge in [-0.2, -0.15) is 0 Å². The maximum absolute atomic E-state index is 11.9. The zero-order valence-corrected chi connectivity index (χ0v) is 20.0. The van der Waals surface area contributed by atoms with Crippen molar-refractivity contribution in [3.05, 3.63) is 29.8 Å². The monoisotopic (exact) mass is 452 g/mol. The normalized spacial score (nSPS) is 25.7. The van der Waals surface area contributed by atoms with E-state index in [2.05, 4.69) is 49.5 Å². The van der Waals surface area contributed by atoms with Gasteiger partial charge in [-0.05, 0) is 48.0 Å². The molecular weight excluding hydrogens is 416 g/mol. The Morgan fingerprint density at radius 1 is 0.967 bits per heavy atom. The fourth-order valence-electron chi connectivity index (χ4n) is 3.74. The molecule has 1 aromatic carbocycles. The molecule has 168 valence electrons. The van der Waals surface area contributed by atoms with Crippen molar-refractivity contribution in [3.63, 3.8) is 0 Å². The van der Waals surface area contributed by atoms with Gasteiger partial charge in [0.1, 0.15) is 11.9 Å². The highest BCUT2D eigenvalue weighted by molar-refractivity contribution is 8.16. The summed E-state index contributed by atoms with van der Waals surface area (Å²) in [5.41, 5.74) is 1.29. The van der Waals surface area contributed by atoms with Crippen molar-refractivity contribution in [1.29, 1.82) is 0 Å². The predicted octanol–water partition coefficient (Wildman–Crippen LogP) is 7.57. The minimum absolute atomic E-state index is 0.0372. The zero-order chi connectivity index (χ0) is 21.2. The second-order valence-corrected chi connectivity index (χ2v) is 10.9. The van der Waals surface area contributed by atoms with Gasteiger partial charge in [0.25, 0.3) is 0 Å². The molecule has 0 saturated carbocycles. The maximum atomic E-state index is 11.9. The van der Waals surface area contributed by atoms with Crippen LogP contribution in [0, 0.1) is 5.92 Å². The number of rotatable bonds is 12. The molecule has 2 aliphatic rings. The molecule has 2 heterocycles.